The van der Waals surface area contributed by atoms with Crippen molar-refractivity contribution < 1.29 is 4.74 Å². The summed E-state index contributed by atoms with van der Waals surface area (Å²) in [6.45, 7) is 2.28. The predicted octanol–water partition coefficient (Wildman–Crippen LogP) is 1.81. The predicted molar refractivity (Wildman–Crippen MR) is 76.3 cm³/mol. The molecule has 0 bridgehead atoms. The molecule has 100 valence electrons. The van der Waals surface area contributed by atoms with Crippen molar-refractivity contribution in [3.8, 4) is 5.75 Å². The van der Waals surface area contributed by atoms with E-state index in [1.165, 1.54) is 19.4 Å². The van der Waals surface area contributed by atoms with Crippen LogP contribution in [0.1, 0.15) is 12.8 Å². The number of rotatable bonds is 3. The maximum absolute atomic E-state index is 6.08. The monoisotopic (exact) mass is 249 g/mol. The van der Waals surface area contributed by atoms with Crippen molar-refractivity contribution in [1.82, 2.24) is 4.90 Å². The molecule has 1 aromatic rings. The fourth-order valence-corrected chi connectivity index (χ4v) is 2.61. The van der Waals surface area contributed by atoms with Crippen LogP contribution >= 0.6 is 0 Å². The number of ether oxygens (including phenoxy) is 1. The second kappa shape index (κ2) is 5.48. The topological polar surface area (TPSA) is 41.7 Å². The van der Waals surface area contributed by atoms with Crippen LogP contribution in [0.5, 0.6) is 5.75 Å². The van der Waals surface area contributed by atoms with Crippen molar-refractivity contribution in [3.63, 3.8) is 0 Å². The van der Waals surface area contributed by atoms with Gasteiger partial charge in [-0.05, 0) is 38.6 Å². The van der Waals surface area contributed by atoms with E-state index in [0.717, 1.165) is 23.7 Å². The van der Waals surface area contributed by atoms with Crippen molar-refractivity contribution in [2.75, 3.05) is 44.9 Å². The molecule has 0 saturated carbocycles. The van der Waals surface area contributed by atoms with Gasteiger partial charge in [0.15, 0.2) is 0 Å². The molecule has 1 unspecified atom stereocenters. The van der Waals surface area contributed by atoms with Crippen LogP contribution in [0.2, 0.25) is 0 Å². The second-order valence-corrected chi connectivity index (χ2v) is 5.09. The Hall–Kier alpha value is -1.42. The third kappa shape index (κ3) is 2.70. The Kier molecular flexibility index (Phi) is 3.97. The molecular weight excluding hydrogens is 226 g/mol. The Morgan fingerprint density at radius 2 is 2.22 bits per heavy atom. The summed E-state index contributed by atoms with van der Waals surface area (Å²) < 4.78 is 5.28. The van der Waals surface area contributed by atoms with Crippen molar-refractivity contribution in [2.45, 2.75) is 18.9 Å². The van der Waals surface area contributed by atoms with E-state index in [4.69, 9.17) is 10.5 Å². The van der Waals surface area contributed by atoms with Crippen molar-refractivity contribution in [2.24, 2.45) is 0 Å². The first-order chi connectivity index (χ1) is 8.61. The maximum atomic E-state index is 6.08. The van der Waals surface area contributed by atoms with Crippen LogP contribution < -0.4 is 15.4 Å². The smallest absolute Gasteiger partial charge is 0.121 e. The lowest BCUT2D eigenvalue weighted by Gasteiger charge is -2.37. The molecule has 2 N–H and O–H groups in total. The van der Waals surface area contributed by atoms with E-state index in [-0.39, 0.29) is 0 Å². The van der Waals surface area contributed by atoms with Gasteiger partial charge in [-0.15, -0.1) is 0 Å². The average molecular weight is 249 g/mol. The molecule has 1 fully saturated rings. The van der Waals surface area contributed by atoms with Gasteiger partial charge in [0.1, 0.15) is 5.75 Å². The van der Waals surface area contributed by atoms with Gasteiger partial charge >= 0.3 is 0 Å². The zero-order chi connectivity index (χ0) is 13.1. The summed E-state index contributed by atoms with van der Waals surface area (Å²) in [4.78, 5) is 4.66. The first-order valence-corrected chi connectivity index (χ1v) is 6.46. The minimum atomic E-state index is 0.526. The molecule has 0 amide bonds. The molecule has 2 rings (SSSR count). The first kappa shape index (κ1) is 13.0. The molecule has 1 aliphatic rings. The van der Waals surface area contributed by atoms with Crippen LogP contribution in [0.25, 0.3) is 0 Å². The molecule has 4 nitrogen and oxygen atoms in total. The molecule has 1 atom stereocenters. The van der Waals surface area contributed by atoms with Gasteiger partial charge in [0, 0.05) is 25.7 Å². The lowest BCUT2D eigenvalue weighted by molar-refractivity contribution is 0.248. The van der Waals surface area contributed by atoms with Gasteiger partial charge in [0.25, 0.3) is 0 Å². The van der Waals surface area contributed by atoms with E-state index in [1.807, 2.05) is 18.2 Å². The fourth-order valence-electron chi connectivity index (χ4n) is 2.61. The average Bonchev–Trinajstić information content (AvgIpc) is 2.38. The van der Waals surface area contributed by atoms with Crippen LogP contribution in [0.4, 0.5) is 11.4 Å². The Labute approximate surface area is 109 Å². The molecule has 0 aromatic heterocycles. The molecular formula is C14H23N3O. The SMILES string of the molecule is COc1ccc(N)c(N(C)C2CCCN(C)C2)c1. The van der Waals surface area contributed by atoms with Gasteiger partial charge in [0.05, 0.1) is 18.5 Å². The highest BCUT2D eigenvalue weighted by atomic mass is 16.5. The van der Waals surface area contributed by atoms with E-state index in [2.05, 4.69) is 23.9 Å². The maximum Gasteiger partial charge on any atom is 0.121 e. The molecule has 1 aromatic carbocycles. The normalized spacial score (nSPS) is 20.7. The molecule has 4 heteroatoms. The summed E-state index contributed by atoms with van der Waals surface area (Å²) in [5, 5.41) is 0. The van der Waals surface area contributed by atoms with Gasteiger partial charge in [-0.25, -0.2) is 0 Å². The molecule has 18 heavy (non-hydrogen) atoms. The Balaban J connectivity index is 2.19. The van der Waals surface area contributed by atoms with Gasteiger partial charge in [-0.3, -0.25) is 0 Å². The summed E-state index contributed by atoms with van der Waals surface area (Å²) in [6, 6.07) is 6.36. The number of piperidine rings is 1. The third-order valence-corrected chi connectivity index (χ3v) is 3.76. The van der Waals surface area contributed by atoms with Crippen molar-refractivity contribution >= 4 is 11.4 Å². The lowest BCUT2D eigenvalue weighted by atomic mass is 10.0. The summed E-state index contributed by atoms with van der Waals surface area (Å²) >= 11 is 0. The quantitative estimate of drug-likeness (QED) is 0.830. The Morgan fingerprint density at radius 3 is 2.89 bits per heavy atom. The van der Waals surface area contributed by atoms with Crippen LogP contribution in [0, 0.1) is 0 Å². The van der Waals surface area contributed by atoms with E-state index in [1.54, 1.807) is 7.11 Å². The molecule has 0 radical (unpaired) electrons. The van der Waals surface area contributed by atoms with Crippen molar-refractivity contribution in [3.05, 3.63) is 18.2 Å². The fraction of sp³-hybridized carbons (Fsp3) is 0.571. The van der Waals surface area contributed by atoms with Gasteiger partial charge in [0.2, 0.25) is 0 Å². The number of hydrogen-bond acceptors (Lipinski definition) is 4. The number of hydrogen-bond donors (Lipinski definition) is 1. The molecule has 0 spiro atoms. The summed E-state index contributed by atoms with van der Waals surface area (Å²) in [5.74, 6) is 0.857. The van der Waals surface area contributed by atoms with E-state index in [0.29, 0.717) is 6.04 Å². The van der Waals surface area contributed by atoms with E-state index in [9.17, 15) is 0 Å². The number of likely N-dealkylation sites (tertiary alicyclic amines) is 1. The van der Waals surface area contributed by atoms with Crippen LogP contribution in [0.3, 0.4) is 0 Å². The largest absolute Gasteiger partial charge is 0.497 e. The molecule has 0 aliphatic carbocycles. The Bertz CT molecular complexity index is 408. The summed E-state index contributed by atoms with van der Waals surface area (Å²) in [5.41, 5.74) is 7.95. The lowest BCUT2D eigenvalue weighted by Crippen LogP contribution is -2.45. The van der Waals surface area contributed by atoms with Gasteiger partial charge in [-0.2, -0.15) is 0 Å². The van der Waals surface area contributed by atoms with Gasteiger partial charge < -0.3 is 20.3 Å². The standard InChI is InChI=1S/C14H23N3O/c1-16-8-4-5-11(10-16)17(2)14-9-12(18-3)6-7-13(14)15/h6-7,9,11H,4-5,8,10,15H2,1-3H3. The number of likely N-dealkylation sites (N-methyl/N-ethyl adjacent to an activating group) is 2. The number of methoxy groups -OCH3 is 1. The third-order valence-electron chi connectivity index (χ3n) is 3.76. The number of nitrogens with zero attached hydrogens (tertiary/aromatic N) is 2. The minimum absolute atomic E-state index is 0.526. The highest BCUT2D eigenvalue weighted by Crippen LogP contribution is 2.30. The summed E-state index contributed by atoms with van der Waals surface area (Å²) in [7, 11) is 5.98. The Morgan fingerprint density at radius 1 is 1.44 bits per heavy atom. The van der Waals surface area contributed by atoms with E-state index < -0.39 is 0 Å². The summed E-state index contributed by atoms with van der Waals surface area (Å²) in [6.07, 6.45) is 2.47. The zero-order valence-electron chi connectivity index (χ0n) is 11.5. The van der Waals surface area contributed by atoms with Crippen LogP contribution in [-0.2, 0) is 0 Å². The first-order valence-electron chi connectivity index (χ1n) is 6.46. The number of nitrogens with two attached hydrogens (primary N) is 1. The van der Waals surface area contributed by atoms with Crippen LogP contribution in [0.15, 0.2) is 18.2 Å². The molecule has 1 aliphatic heterocycles. The zero-order valence-corrected chi connectivity index (χ0v) is 11.5. The van der Waals surface area contributed by atoms with Crippen molar-refractivity contribution in [1.29, 1.82) is 0 Å². The van der Waals surface area contributed by atoms with Crippen LogP contribution in [-0.4, -0.2) is 45.2 Å². The highest BCUT2D eigenvalue weighted by Gasteiger charge is 2.22. The number of benzene rings is 1. The second-order valence-electron chi connectivity index (χ2n) is 5.09. The minimum Gasteiger partial charge on any atom is -0.497 e. The van der Waals surface area contributed by atoms with Gasteiger partial charge in [-0.1, -0.05) is 0 Å². The molecule has 1 saturated heterocycles. The highest BCUT2D eigenvalue weighted by molar-refractivity contribution is 5.69. The van der Waals surface area contributed by atoms with E-state index >= 15 is 0 Å². The number of anilines is 2. The molecule has 1 heterocycles. The number of nitrogen functional groups attached to an aromatic ring is 1.